The zero-order chi connectivity index (χ0) is 12.0. The smallest absolute Gasteiger partial charge is 0.252 e. The summed E-state index contributed by atoms with van der Waals surface area (Å²) in [5, 5.41) is 2.97. The van der Waals surface area contributed by atoms with Crippen molar-refractivity contribution < 1.29 is 4.79 Å². The number of benzene rings is 1. The molecule has 0 saturated carbocycles. The van der Waals surface area contributed by atoms with Gasteiger partial charge in [0, 0.05) is 10.9 Å². The van der Waals surface area contributed by atoms with Crippen LogP contribution < -0.4 is 5.32 Å². The van der Waals surface area contributed by atoms with Crippen LogP contribution >= 0.6 is 24.4 Å². The molecule has 0 aromatic heterocycles. The van der Waals surface area contributed by atoms with Crippen LogP contribution in [0.3, 0.4) is 0 Å². The topological polar surface area (TPSA) is 29.1 Å². The number of rotatable bonds is 5. The SMILES string of the molecule is CSCCC(C)NC(=O)c1ccccc1S. The van der Waals surface area contributed by atoms with Crippen LogP contribution in [0.2, 0.25) is 0 Å². The third-order valence-corrected chi connectivity index (χ3v) is 3.32. The Morgan fingerprint density at radius 1 is 1.50 bits per heavy atom. The molecule has 88 valence electrons. The summed E-state index contributed by atoms with van der Waals surface area (Å²) < 4.78 is 0. The molecule has 1 N–H and O–H groups in total. The molecule has 2 nitrogen and oxygen atoms in total. The molecule has 1 aromatic carbocycles. The molecule has 0 aliphatic heterocycles. The van der Waals surface area contributed by atoms with E-state index in [1.165, 1.54) is 0 Å². The van der Waals surface area contributed by atoms with E-state index in [1.807, 2.05) is 25.1 Å². The van der Waals surface area contributed by atoms with Crippen LogP contribution in [0.4, 0.5) is 0 Å². The first-order valence-electron chi connectivity index (χ1n) is 5.23. The quantitative estimate of drug-likeness (QED) is 0.792. The Hall–Kier alpha value is -0.610. The van der Waals surface area contributed by atoms with Crippen molar-refractivity contribution in [1.82, 2.24) is 5.32 Å². The second kappa shape index (κ2) is 6.86. The maximum absolute atomic E-state index is 11.9. The highest BCUT2D eigenvalue weighted by atomic mass is 32.2. The van der Waals surface area contributed by atoms with Crippen LogP contribution in [0.15, 0.2) is 29.2 Å². The highest BCUT2D eigenvalue weighted by molar-refractivity contribution is 7.98. The summed E-state index contributed by atoms with van der Waals surface area (Å²) in [6.07, 6.45) is 3.05. The van der Waals surface area contributed by atoms with Gasteiger partial charge in [0.25, 0.3) is 5.91 Å². The van der Waals surface area contributed by atoms with Crippen molar-refractivity contribution in [2.75, 3.05) is 12.0 Å². The molecule has 0 saturated heterocycles. The van der Waals surface area contributed by atoms with Gasteiger partial charge in [0.05, 0.1) is 5.56 Å². The number of thioether (sulfide) groups is 1. The largest absolute Gasteiger partial charge is 0.350 e. The maximum atomic E-state index is 11.9. The van der Waals surface area contributed by atoms with Gasteiger partial charge in [-0.05, 0) is 37.5 Å². The summed E-state index contributed by atoms with van der Waals surface area (Å²) in [5.74, 6) is 1.02. The van der Waals surface area contributed by atoms with E-state index >= 15 is 0 Å². The minimum Gasteiger partial charge on any atom is -0.350 e. The van der Waals surface area contributed by atoms with Crippen LogP contribution in [-0.4, -0.2) is 24.0 Å². The summed E-state index contributed by atoms with van der Waals surface area (Å²) in [6.45, 7) is 2.02. The van der Waals surface area contributed by atoms with E-state index in [1.54, 1.807) is 17.8 Å². The van der Waals surface area contributed by atoms with E-state index in [4.69, 9.17) is 0 Å². The molecule has 1 atom stereocenters. The predicted octanol–water partition coefficient (Wildman–Crippen LogP) is 2.85. The molecule has 0 spiro atoms. The zero-order valence-corrected chi connectivity index (χ0v) is 11.3. The molecular weight excluding hydrogens is 238 g/mol. The van der Waals surface area contributed by atoms with E-state index in [9.17, 15) is 4.79 Å². The van der Waals surface area contributed by atoms with Crippen molar-refractivity contribution in [2.45, 2.75) is 24.3 Å². The number of hydrogen-bond donors (Lipinski definition) is 2. The lowest BCUT2D eigenvalue weighted by Gasteiger charge is -2.13. The minimum atomic E-state index is -0.0424. The Balaban J connectivity index is 2.56. The molecule has 1 amide bonds. The third-order valence-electron chi connectivity index (χ3n) is 2.28. The van der Waals surface area contributed by atoms with Crippen LogP contribution in [0.1, 0.15) is 23.7 Å². The van der Waals surface area contributed by atoms with Crippen LogP contribution in [-0.2, 0) is 0 Å². The van der Waals surface area contributed by atoms with Gasteiger partial charge in [0.2, 0.25) is 0 Å². The predicted molar refractivity (Wildman–Crippen MR) is 73.6 cm³/mol. The monoisotopic (exact) mass is 255 g/mol. The van der Waals surface area contributed by atoms with E-state index in [2.05, 4.69) is 24.2 Å². The molecule has 1 rings (SSSR count). The van der Waals surface area contributed by atoms with E-state index < -0.39 is 0 Å². The van der Waals surface area contributed by atoms with Crippen LogP contribution in [0.25, 0.3) is 0 Å². The lowest BCUT2D eigenvalue weighted by atomic mass is 10.2. The molecule has 0 fully saturated rings. The molecule has 0 radical (unpaired) electrons. The number of thiol groups is 1. The van der Waals surface area contributed by atoms with Gasteiger partial charge in [0.1, 0.15) is 0 Å². The number of nitrogens with one attached hydrogen (secondary N) is 1. The molecular formula is C12H17NOS2. The van der Waals surface area contributed by atoms with Crippen molar-refractivity contribution in [2.24, 2.45) is 0 Å². The fourth-order valence-electron chi connectivity index (χ4n) is 1.33. The van der Waals surface area contributed by atoms with Crippen LogP contribution in [0.5, 0.6) is 0 Å². The lowest BCUT2D eigenvalue weighted by molar-refractivity contribution is 0.0936. The Bertz CT molecular complexity index is 355. The van der Waals surface area contributed by atoms with Gasteiger partial charge < -0.3 is 5.32 Å². The average Bonchev–Trinajstić information content (AvgIpc) is 2.26. The van der Waals surface area contributed by atoms with E-state index in [-0.39, 0.29) is 11.9 Å². The van der Waals surface area contributed by atoms with Gasteiger partial charge in [-0.15, -0.1) is 12.6 Å². The summed E-state index contributed by atoms with van der Waals surface area (Å²) >= 11 is 6.05. The van der Waals surface area contributed by atoms with Gasteiger partial charge >= 0.3 is 0 Å². The molecule has 16 heavy (non-hydrogen) atoms. The van der Waals surface area contributed by atoms with E-state index in [0.717, 1.165) is 17.1 Å². The first kappa shape index (κ1) is 13.5. The van der Waals surface area contributed by atoms with Gasteiger partial charge in [0.15, 0.2) is 0 Å². The van der Waals surface area contributed by atoms with Crippen LogP contribution in [0, 0.1) is 0 Å². The molecule has 0 aliphatic rings. The standard InChI is InChI=1S/C12H17NOS2/c1-9(7-8-16-2)13-12(14)10-5-3-4-6-11(10)15/h3-6,9,15H,7-8H2,1-2H3,(H,13,14). The van der Waals surface area contributed by atoms with Crippen molar-refractivity contribution in [1.29, 1.82) is 0 Å². The fourth-order valence-corrected chi connectivity index (χ4v) is 2.19. The molecule has 0 aliphatic carbocycles. The fraction of sp³-hybridized carbons (Fsp3) is 0.417. The molecule has 0 bridgehead atoms. The first-order valence-corrected chi connectivity index (χ1v) is 7.07. The highest BCUT2D eigenvalue weighted by Gasteiger charge is 2.11. The maximum Gasteiger partial charge on any atom is 0.252 e. The molecule has 0 heterocycles. The van der Waals surface area contributed by atoms with Gasteiger partial charge in [-0.3, -0.25) is 4.79 Å². The van der Waals surface area contributed by atoms with Gasteiger partial charge in [-0.25, -0.2) is 0 Å². The number of carbonyl (C=O) groups is 1. The molecule has 1 unspecified atom stereocenters. The molecule has 4 heteroatoms. The Morgan fingerprint density at radius 3 is 2.81 bits per heavy atom. The second-order valence-electron chi connectivity index (χ2n) is 3.67. The highest BCUT2D eigenvalue weighted by Crippen LogP contribution is 2.13. The van der Waals surface area contributed by atoms with Crippen molar-refractivity contribution >= 4 is 30.3 Å². The van der Waals surface area contributed by atoms with Crippen molar-refractivity contribution in [3.63, 3.8) is 0 Å². The average molecular weight is 255 g/mol. The lowest BCUT2D eigenvalue weighted by Crippen LogP contribution is -2.33. The van der Waals surface area contributed by atoms with Gasteiger partial charge in [-0.2, -0.15) is 11.8 Å². The Labute approximate surface area is 107 Å². The van der Waals surface area contributed by atoms with Gasteiger partial charge in [-0.1, -0.05) is 12.1 Å². The zero-order valence-electron chi connectivity index (χ0n) is 9.56. The van der Waals surface area contributed by atoms with E-state index in [0.29, 0.717) is 5.56 Å². The number of hydrogen-bond acceptors (Lipinski definition) is 3. The Kier molecular flexibility index (Phi) is 5.77. The van der Waals surface area contributed by atoms with Crippen molar-refractivity contribution in [3.05, 3.63) is 29.8 Å². The normalized spacial score (nSPS) is 12.2. The molecule has 1 aromatic rings. The summed E-state index contributed by atoms with van der Waals surface area (Å²) in [5.41, 5.74) is 0.641. The second-order valence-corrected chi connectivity index (χ2v) is 5.14. The first-order chi connectivity index (χ1) is 7.65. The minimum absolute atomic E-state index is 0.0424. The summed E-state index contributed by atoms with van der Waals surface area (Å²) in [6, 6.07) is 7.54. The van der Waals surface area contributed by atoms with Crippen molar-refractivity contribution in [3.8, 4) is 0 Å². The summed E-state index contributed by atoms with van der Waals surface area (Å²) in [7, 11) is 0. The number of carbonyl (C=O) groups excluding carboxylic acids is 1. The summed E-state index contributed by atoms with van der Waals surface area (Å²) in [4.78, 5) is 12.6. The third kappa shape index (κ3) is 4.10. The number of amides is 1. The Morgan fingerprint density at radius 2 is 2.19 bits per heavy atom.